The van der Waals surface area contributed by atoms with Gasteiger partial charge in [-0.05, 0) is 12.1 Å². The molecule has 0 aliphatic carbocycles. The van der Waals surface area contributed by atoms with Crippen LogP contribution in [0, 0.1) is 10.1 Å². The fourth-order valence-corrected chi connectivity index (χ4v) is 2.34. The zero-order valence-electron chi connectivity index (χ0n) is 11.3. The Morgan fingerprint density at radius 2 is 2.33 bits per heavy atom. The third kappa shape index (κ3) is 2.93. The number of nitro benzene ring substituents is 1. The highest BCUT2D eigenvalue weighted by Gasteiger charge is 2.17. The molecular weight excluding hydrogens is 274 g/mol. The van der Waals surface area contributed by atoms with Gasteiger partial charge >= 0.3 is 0 Å². The summed E-state index contributed by atoms with van der Waals surface area (Å²) in [6, 6.07) is 4.79. The summed E-state index contributed by atoms with van der Waals surface area (Å²) in [4.78, 5) is 14.6. The van der Waals surface area contributed by atoms with Crippen molar-refractivity contribution in [2.24, 2.45) is 0 Å². The average molecular weight is 289 g/mol. The van der Waals surface area contributed by atoms with Gasteiger partial charge in [0.15, 0.2) is 0 Å². The van der Waals surface area contributed by atoms with Gasteiger partial charge in [0.2, 0.25) is 0 Å². The van der Waals surface area contributed by atoms with E-state index in [4.69, 9.17) is 9.47 Å². The molecule has 1 saturated heterocycles. The summed E-state index contributed by atoms with van der Waals surface area (Å²) in [6.07, 6.45) is 3.07. The molecule has 1 atom stereocenters. The van der Waals surface area contributed by atoms with Crippen LogP contribution < -0.4 is 10.1 Å². The van der Waals surface area contributed by atoms with Crippen LogP contribution in [0.5, 0.6) is 5.75 Å². The highest BCUT2D eigenvalue weighted by atomic mass is 16.6. The number of aromatic nitrogens is 1. The van der Waals surface area contributed by atoms with E-state index in [-0.39, 0.29) is 11.8 Å². The van der Waals surface area contributed by atoms with E-state index in [9.17, 15) is 10.1 Å². The van der Waals surface area contributed by atoms with Gasteiger partial charge in [-0.2, -0.15) is 0 Å². The van der Waals surface area contributed by atoms with E-state index in [1.54, 1.807) is 18.3 Å². The second kappa shape index (κ2) is 6.02. The van der Waals surface area contributed by atoms with Gasteiger partial charge in [0.05, 0.1) is 16.9 Å². The number of hydrogen-bond donors (Lipinski definition) is 1. The average Bonchev–Trinajstić information content (AvgIpc) is 2.53. The molecular formula is C14H15N3O4. The Kier molecular flexibility index (Phi) is 3.94. The number of morpholine rings is 1. The van der Waals surface area contributed by atoms with Gasteiger partial charge in [-0.15, -0.1) is 0 Å². The summed E-state index contributed by atoms with van der Waals surface area (Å²) >= 11 is 0. The first-order chi connectivity index (χ1) is 10.3. The Bertz CT molecular complexity index is 656. The lowest BCUT2D eigenvalue weighted by atomic mass is 10.1. The van der Waals surface area contributed by atoms with Gasteiger partial charge in [0.25, 0.3) is 5.69 Å². The van der Waals surface area contributed by atoms with Crippen LogP contribution in [-0.4, -0.2) is 42.3 Å². The van der Waals surface area contributed by atoms with Crippen LogP contribution in [0.3, 0.4) is 0 Å². The first-order valence-corrected chi connectivity index (χ1v) is 6.72. The lowest BCUT2D eigenvalue weighted by Crippen LogP contribution is -2.41. The zero-order chi connectivity index (χ0) is 14.7. The smallest absolute Gasteiger partial charge is 0.279 e. The molecule has 7 nitrogen and oxygen atoms in total. The number of hydrogen-bond acceptors (Lipinski definition) is 6. The molecule has 1 aromatic heterocycles. The third-order valence-electron chi connectivity index (χ3n) is 3.38. The molecule has 7 heteroatoms. The molecule has 0 radical (unpaired) electrons. The van der Waals surface area contributed by atoms with E-state index in [0.717, 1.165) is 13.1 Å². The quantitative estimate of drug-likeness (QED) is 0.678. The molecule has 1 unspecified atom stereocenters. The van der Waals surface area contributed by atoms with Crippen molar-refractivity contribution in [1.82, 2.24) is 10.3 Å². The Hall–Kier alpha value is -2.25. The van der Waals surface area contributed by atoms with Crippen LogP contribution in [0.25, 0.3) is 10.8 Å². The number of benzene rings is 1. The van der Waals surface area contributed by atoms with Crippen molar-refractivity contribution in [2.75, 3.05) is 26.3 Å². The fraction of sp³-hybridized carbons (Fsp3) is 0.357. The number of nitro groups is 1. The van der Waals surface area contributed by atoms with E-state index in [1.165, 1.54) is 12.3 Å². The van der Waals surface area contributed by atoms with Crippen LogP contribution in [0.4, 0.5) is 5.69 Å². The minimum absolute atomic E-state index is 0.00849. The lowest BCUT2D eigenvalue weighted by Gasteiger charge is -2.23. The highest BCUT2D eigenvalue weighted by Crippen LogP contribution is 2.32. The summed E-state index contributed by atoms with van der Waals surface area (Å²) in [7, 11) is 0. The second-order valence-corrected chi connectivity index (χ2v) is 4.77. The minimum Gasteiger partial charge on any atom is -0.490 e. The van der Waals surface area contributed by atoms with Gasteiger partial charge < -0.3 is 14.8 Å². The Labute approximate surface area is 121 Å². The Balaban J connectivity index is 1.85. The second-order valence-electron chi connectivity index (χ2n) is 4.77. The van der Waals surface area contributed by atoms with E-state index in [2.05, 4.69) is 10.3 Å². The molecule has 0 saturated carbocycles. The van der Waals surface area contributed by atoms with Gasteiger partial charge in [-0.1, -0.05) is 0 Å². The molecule has 0 spiro atoms. The molecule has 2 heterocycles. The largest absolute Gasteiger partial charge is 0.490 e. The van der Waals surface area contributed by atoms with Crippen molar-refractivity contribution < 1.29 is 14.4 Å². The number of pyridine rings is 1. The van der Waals surface area contributed by atoms with E-state index < -0.39 is 4.92 Å². The van der Waals surface area contributed by atoms with E-state index in [1.807, 2.05) is 0 Å². The van der Waals surface area contributed by atoms with Gasteiger partial charge in [-0.3, -0.25) is 15.1 Å². The Morgan fingerprint density at radius 1 is 1.43 bits per heavy atom. The van der Waals surface area contributed by atoms with Crippen molar-refractivity contribution in [3.8, 4) is 5.75 Å². The maximum absolute atomic E-state index is 11.0. The third-order valence-corrected chi connectivity index (χ3v) is 3.38. The zero-order valence-corrected chi connectivity index (χ0v) is 11.3. The van der Waals surface area contributed by atoms with Gasteiger partial charge in [-0.25, -0.2) is 0 Å². The number of nitrogens with one attached hydrogen (secondary N) is 1. The summed E-state index contributed by atoms with van der Waals surface area (Å²) in [5.74, 6) is 0.604. The monoisotopic (exact) mass is 289 g/mol. The van der Waals surface area contributed by atoms with Crippen molar-refractivity contribution in [2.45, 2.75) is 6.10 Å². The molecule has 0 bridgehead atoms. The number of ether oxygens (including phenoxy) is 2. The van der Waals surface area contributed by atoms with Crippen LogP contribution >= 0.6 is 0 Å². The number of non-ortho nitro benzene ring substituents is 1. The van der Waals surface area contributed by atoms with Crippen LogP contribution in [0.2, 0.25) is 0 Å². The van der Waals surface area contributed by atoms with E-state index >= 15 is 0 Å². The lowest BCUT2D eigenvalue weighted by molar-refractivity contribution is -0.383. The summed E-state index contributed by atoms with van der Waals surface area (Å²) in [6.45, 7) is 2.66. The topological polar surface area (TPSA) is 86.5 Å². The molecule has 1 aliphatic rings. The highest BCUT2D eigenvalue weighted by molar-refractivity contribution is 5.94. The van der Waals surface area contributed by atoms with Crippen LogP contribution in [-0.2, 0) is 4.74 Å². The van der Waals surface area contributed by atoms with Crippen molar-refractivity contribution in [3.05, 3.63) is 40.7 Å². The maximum atomic E-state index is 11.0. The van der Waals surface area contributed by atoms with Crippen molar-refractivity contribution in [1.29, 1.82) is 0 Å². The normalized spacial score (nSPS) is 18.6. The van der Waals surface area contributed by atoms with Gasteiger partial charge in [0, 0.05) is 36.9 Å². The number of rotatable bonds is 4. The molecule has 3 rings (SSSR count). The fourth-order valence-electron chi connectivity index (χ4n) is 2.34. The predicted octanol–water partition coefficient (Wildman–Crippen LogP) is 1.51. The molecule has 1 aromatic carbocycles. The molecule has 2 aromatic rings. The molecule has 1 fully saturated rings. The van der Waals surface area contributed by atoms with Crippen molar-refractivity contribution in [3.63, 3.8) is 0 Å². The minimum atomic E-state index is -0.415. The summed E-state index contributed by atoms with van der Waals surface area (Å²) in [5, 5.41) is 15.4. The molecule has 1 N–H and O–H groups in total. The predicted molar refractivity (Wildman–Crippen MR) is 76.5 cm³/mol. The van der Waals surface area contributed by atoms with Gasteiger partial charge in [0.1, 0.15) is 18.5 Å². The molecule has 110 valence electrons. The maximum Gasteiger partial charge on any atom is 0.279 e. The molecule has 1 aliphatic heterocycles. The van der Waals surface area contributed by atoms with E-state index in [0.29, 0.717) is 29.7 Å². The molecule has 0 amide bonds. The molecule has 21 heavy (non-hydrogen) atoms. The SMILES string of the molecule is O=[N+]([O-])c1ccc(OCC2CNCCO2)c2ccncc12. The van der Waals surface area contributed by atoms with Crippen LogP contribution in [0.15, 0.2) is 30.6 Å². The van der Waals surface area contributed by atoms with Crippen molar-refractivity contribution >= 4 is 16.5 Å². The first-order valence-electron chi connectivity index (χ1n) is 6.72. The number of fused-ring (bicyclic) bond motifs is 1. The summed E-state index contributed by atoms with van der Waals surface area (Å²) < 4.78 is 11.3. The summed E-state index contributed by atoms with van der Waals surface area (Å²) in [5.41, 5.74) is 0.0287. The standard InChI is InChI=1S/C14H15N3O4/c18-17(19)13-1-2-14(11-3-4-15-8-12(11)13)21-9-10-7-16-5-6-20-10/h1-4,8,10,16H,5-7,9H2. The van der Waals surface area contributed by atoms with Crippen LogP contribution in [0.1, 0.15) is 0 Å². The Morgan fingerprint density at radius 3 is 3.10 bits per heavy atom. The first kappa shape index (κ1) is 13.7. The number of nitrogens with zero attached hydrogens (tertiary/aromatic N) is 2.